The molecule has 34 heavy (non-hydrogen) atoms. The van der Waals surface area contributed by atoms with Gasteiger partial charge in [-0.05, 0) is 66.4 Å². The topological polar surface area (TPSA) is 116 Å². The average molecular weight is 462 g/mol. The summed E-state index contributed by atoms with van der Waals surface area (Å²) in [5, 5.41) is 16.8. The summed E-state index contributed by atoms with van der Waals surface area (Å²) in [4.78, 5) is 19.9. The number of nitrogens with zero attached hydrogens (tertiary/aromatic N) is 1. The number of aromatic amines is 1. The van der Waals surface area contributed by atoms with Gasteiger partial charge in [-0.2, -0.15) is 0 Å². The lowest BCUT2D eigenvalue weighted by molar-refractivity contribution is 0.100. The van der Waals surface area contributed by atoms with Crippen molar-refractivity contribution in [3.8, 4) is 11.3 Å². The zero-order chi connectivity index (χ0) is 24.2. The standard InChI is InChI=1S/C26H28FN5O2/c1-3-19-17(12-29-15(2)14-33)5-4-6-22(19)31-24-20-11-23(16-7-9-18(27)10-8-16)32-26(20)30-13-21(24)25(28)34/h4-11,13,15,29,33H,3,12,14H2,1-2H3,(H2,28,34)(H2,30,31,32)/t15-/m0/s1. The molecule has 1 atom stereocenters. The minimum Gasteiger partial charge on any atom is -0.395 e. The highest BCUT2D eigenvalue weighted by Gasteiger charge is 2.18. The number of aromatic nitrogens is 2. The summed E-state index contributed by atoms with van der Waals surface area (Å²) in [6.07, 6.45) is 2.22. The molecule has 8 heteroatoms. The fourth-order valence-electron chi connectivity index (χ4n) is 4.00. The number of pyridine rings is 1. The molecule has 0 aliphatic heterocycles. The van der Waals surface area contributed by atoms with Crippen LogP contribution in [0.5, 0.6) is 0 Å². The number of hydrogen-bond donors (Lipinski definition) is 5. The van der Waals surface area contributed by atoms with Crippen molar-refractivity contribution >= 4 is 28.3 Å². The van der Waals surface area contributed by atoms with Crippen molar-refractivity contribution in [3.05, 3.63) is 77.2 Å². The molecular weight excluding hydrogens is 433 g/mol. The second-order valence-corrected chi connectivity index (χ2v) is 8.25. The zero-order valence-corrected chi connectivity index (χ0v) is 19.2. The molecule has 2 heterocycles. The van der Waals surface area contributed by atoms with Crippen LogP contribution in [0.3, 0.4) is 0 Å². The SMILES string of the molecule is CCc1c(CN[C@@H](C)CO)cccc1Nc1c(C(N)=O)cnc2[nH]c(-c3ccc(F)cc3)cc12. The quantitative estimate of drug-likeness (QED) is 0.256. The third-order valence-electron chi connectivity index (χ3n) is 5.88. The van der Waals surface area contributed by atoms with Crippen LogP contribution < -0.4 is 16.4 Å². The predicted octanol–water partition coefficient (Wildman–Crippen LogP) is 4.24. The van der Waals surface area contributed by atoms with Crippen molar-refractivity contribution in [2.24, 2.45) is 5.73 Å². The number of carbonyl (C=O) groups excluding carboxylic acids is 1. The van der Waals surface area contributed by atoms with E-state index >= 15 is 0 Å². The Kier molecular flexibility index (Phi) is 6.90. The molecule has 2 aromatic carbocycles. The number of fused-ring (bicyclic) bond motifs is 1. The van der Waals surface area contributed by atoms with E-state index in [1.807, 2.05) is 31.2 Å². The maximum Gasteiger partial charge on any atom is 0.252 e. The second kappa shape index (κ2) is 10.0. The predicted molar refractivity (Wildman–Crippen MR) is 132 cm³/mol. The Balaban J connectivity index is 1.78. The number of rotatable bonds is 9. The lowest BCUT2D eigenvalue weighted by Crippen LogP contribution is -2.29. The fourth-order valence-corrected chi connectivity index (χ4v) is 4.00. The Hall–Kier alpha value is -3.75. The summed E-state index contributed by atoms with van der Waals surface area (Å²) in [5.74, 6) is -0.903. The minimum absolute atomic E-state index is 0.0210. The highest BCUT2D eigenvalue weighted by Crippen LogP contribution is 2.34. The van der Waals surface area contributed by atoms with E-state index in [1.54, 1.807) is 12.1 Å². The molecule has 6 N–H and O–H groups in total. The Morgan fingerprint density at radius 3 is 2.68 bits per heavy atom. The van der Waals surface area contributed by atoms with E-state index in [2.05, 4.69) is 27.5 Å². The van der Waals surface area contributed by atoms with Gasteiger partial charge in [0.1, 0.15) is 11.5 Å². The number of amides is 1. The number of primary amides is 1. The summed E-state index contributed by atoms with van der Waals surface area (Å²) in [7, 11) is 0. The smallest absolute Gasteiger partial charge is 0.252 e. The van der Waals surface area contributed by atoms with Gasteiger partial charge in [-0.3, -0.25) is 4.79 Å². The molecule has 0 unspecified atom stereocenters. The highest BCUT2D eigenvalue weighted by molar-refractivity contribution is 6.08. The zero-order valence-electron chi connectivity index (χ0n) is 19.2. The molecule has 1 amide bonds. The first-order valence-corrected chi connectivity index (χ1v) is 11.2. The first kappa shape index (κ1) is 23.4. The van der Waals surface area contributed by atoms with Crippen molar-refractivity contribution in [1.29, 1.82) is 0 Å². The van der Waals surface area contributed by atoms with Crippen LogP contribution in [0, 0.1) is 5.82 Å². The van der Waals surface area contributed by atoms with Crippen molar-refractivity contribution in [2.75, 3.05) is 11.9 Å². The van der Waals surface area contributed by atoms with E-state index in [-0.39, 0.29) is 24.0 Å². The number of halogens is 1. The van der Waals surface area contributed by atoms with Crippen LogP contribution in [0.1, 0.15) is 35.3 Å². The van der Waals surface area contributed by atoms with Gasteiger partial charge in [0.2, 0.25) is 0 Å². The molecule has 4 rings (SSSR count). The van der Waals surface area contributed by atoms with Crippen LogP contribution in [0.15, 0.2) is 54.7 Å². The van der Waals surface area contributed by atoms with Gasteiger partial charge >= 0.3 is 0 Å². The van der Waals surface area contributed by atoms with E-state index in [9.17, 15) is 14.3 Å². The third-order valence-corrected chi connectivity index (χ3v) is 5.88. The normalized spacial score (nSPS) is 12.1. The van der Waals surface area contributed by atoms with E-state index in [0.717, 1.165) is 34.5 Å². The van der Waals surface area contributed by atoms with Crippen LogP contribution in [0.25, 0.3) is 22.3 Å². The van der Waals surface area contributed by atoms with E-state index in [4.69, 9.17) is 5.73 Å². The van der Waals surface area contributed by atoms with Crippen molar-refractivity contribution in [1.82, 2.24) is 15.3 Å². The van der Waals surface area contributed by atoms with Gasteiger partial charge in [0.05, 0.1) is 17.9 Å². The van der Waals surface area contributed by atoms with Gasteiger partial charge in [0.15, 0.2) is 0 Å². The van der Waals surface area contributed by atoms with Gasteiger partial charge in [0.25, 0.3) is 5.91 Å². The molecular formula is C26H28FN5O2. The Bertz CT molecular complexity index is 1320. The maximum absolute atomic E-state index is 13.4. The van der Waals surface area contributed by atoms with Crippen LogP contribution in [0.2, 0.25) is 0 Å². The number of aliphatic hydroxyl groups is 1. The van der Waals surface area contributed by atoms with Gasteiger partial charge < -0.3 is 26.5 Å². The fraction of sp³-hybridized carbons (Fsp3) is 0.231. The molecule has 0 saturated carbocycles. The van der Waals surface area contributed by atoms with Crippen LogP contribution in [0.4, 0.5) is 15.8 Å². The molecule has 4 aromatic rings. The van der Waals surface area contributed by atoms with Crippen molar-refractivity contribution in [2.45, 2.75) is 32.9 Å². The lowest BCUT2D eigenvalue weighted by Gasteiger charge is -2.18. The Labute approximate surface area is 197 Å². The number of hydrogen-bond acceptors (Lipinski definition) is 5. The number of carbonyl (C=O) groups is 1. The van der Waals surface area contributed by atoms with Gasteiger partial charge in [-0.25, -0.2) is 9.37 Å². The molecule has 0 fully saturated rings. The molecule has 7 nitrogen and oxygen atoms in total. The molecule has 0 bridgehead atoms. The Morgan fingerprint density at radius 1 is 1.24 bits per heavy atom. The molecule has 0 saturated heterocycles. The molecule has 0 radical (unpaired) electrons. The van der Waals surface area contributed by atoms with Gasteiger partial charge in [0, 0.05) is 35.6 Å². The van der Waals surface area contributed by atoms with E-state index < -0.39 is 5.91 Å². The van der Waals surface area contributed by atoms with Crippen LogP contribution >= 0.6 is 0 Å². The molecule has 0 aliphatic carbocycles. The molecule has 0 spiro atoms. The van der Waals surface area contributed by atoms with Gasteiger partial charge in [-0.15, -0.1) is 0 Å². The number of H-pyrrole nitrogens is 1. The number of aliphatic hydroxyl groups excluding tert-OH is 1. The van der Waals surface area contributed by atoms with Crippen LogP contribution in [-0.2, 0) is 13.0 Å². The summed E-state index contributed by atoms with van der Waals surface area (Å²) in [6, 6.07) is 14.0. The second-order valence-electron chi connectivity index (χ2n) is 8.25. The summed E-state index contributed by atoms with van der Waals surface area (Å²) in [5.41, 5.74) is 11.7. The highest BCUT2D eigenvalue weighted by atomic mass is 19.1. The van der Waals surface area contributed by atoms with E-state index in [1.165, 1.54) is 18.3 Å². The largest absolute Gasteiger partial charge is 0.395 e. The number of nitrogens with one attached hydrogen (secondary N) is 3. The number of nitrogens with two attached hydrogens (primary N) is 1. The molecule has 2 aromatic heterocycles. The first-order valence-electron chi connectivity index (χ1n) is 11.2. The van der Waals surface area contributed by atoms with Crippen molar-refractivity contribution < 1.29 is 14.3 Å². The summed E-state index contributed by atoms with van der Waals surface area (Å²) >= 11 is 0. The maximum atomic E-state index is 13.4. The average Bonchev–Trinajstić information content (AvgIpc) is 3.27. The molecule has 176 valence electrons. The summed E-state index contributed by atoms with van der Waals surface area (Å²) in [6.45, 7) is 4.65. The first-order chi connectivity index (χ1) is 16.4. The van der Waals surface area contributed by atoms with Crippen molar-refractivity contribution in [3.63, 3.8) is 0 Å². The number of benzene rings is 2. The van der Waals surface area contributed by atoms with Gasteiger partial charge in [-0.1, -0.05) is 19.1 Å². The lowest BCUT2D eigenvalue weighted by atomic mass is 10.0. The Morgan fingerprint density at radius 2 is 2.00 bits per heavy atom. The minimum atomic E-state index is -0.589. The number of anilines is 2. The molecule has 0 aliphatic rings. The van der Waals surface area contributed by atoms with E-state index in [0.29, 0.717) is 23.3 Å². The monoisotopic (exact) mass is 461 g/mol. The third kappa shape index (κ3) is 4.78. The van der Waals surface area contributed by atoms with Crippen LogP contribution in [-0.4, -0.2) is 33.6 Å². The summed E-state index contributed by atoms with van der Waals surface area (Å²) < 4.78 is 13.4.